The number of aliphatic imine (C=N–C) groups is 1. The van der Waals surface area contributed by atoms with Crippen LogP contribution in [-0.2, 0) is 14.5 Å². The van der Waals surface area contributed by atoms with Gasteiger partial charge >= 0.3 is 6.09 Å². The van der Waals surface area contributed by atoms with Crippen molar-refractivity contribution in [2.45, 2.75) is 33.3 Å². The second-order valence-corrected chi connectivity index (χ2v) is 10.8. The molecular weight excluding hydrogens is 390 g/mol. The second kappa shape index (κ2) is 8.82. The molecule has 0 spiro atoms. The molecule has 1 aromatic carbocycles. The van der Waals surface area contributed by atoms with Crippen LogP contribution in [0.1, 0.15) is 31.9 Å². The zero-order valence-corrected chi connectivity index (χ0v) is 18.7. The third-order valence-corrected chi connectivity index (χ3v) is 6.31. The van der Waals surface area contributed by atoms with Crippen molar-refractivity contribution in [1.82, 2.24) is 9.80 Å². The van der Waals surface area contributed by atoms with E-state index in [9.17, 15) is 14.3 Å². The minimum atomic E-state index is -2.51. The van der Waals surface area contributed by atoms with Gasteiger partial charge in [0, 0.05) is 38.7 Å². The van der Waals surface area contributed by atoms with Crippen molar-refractivity contribution in [2.24, 2.45) is 9.36 Å². The van der Waals surface area contributed by atoms with Crippen LogP contribution in [0.2, 0.25) is 0 Å². The Morgan fingerprint density at radius 1 is 1.31 bits per heavy atom. The van der Waals surface area contributed by atoms with Crippen LogP contribution < -0.4 is 0 Å². The first-order valence-corrected chi connectivity index (χ1v) is 11.2. The molecule has 158 valence electrons. The Morgan fingerprint density at radius 3 is 2.45 bits per heavy atom. The number of hydrogen-bond donors (Lipinski definition) is 0. The molecular formula is C20H29N5O3S. The summed E-state index contributed by atoms with van der Waals surface area (Å²) in [6.07, 6.45) is 1.21. The van der Waals surface area contributed by atoms with E-state index in [-0.39, 0.29) is 11.5 Å². The van der Waals surface area contributed by atoms with E-state index in [0.29, 0.717) is 30.0 Å². The molecule has 1 amide bonds. The number of hydrogen-bond acceptors (Lipinski definition) is 6. The number of nitrogens with zero attached hydrogens (tertiary/aromatic N) is 5. The maximum Gasteiger partial charge on any atom is 0.410 e. The van der Waals surface area contributed by atoms with E-state index in [4.69, 9.17) is 4.74 Å². The molecule has 2 rings (SSSR count). The van der Waals surface area contributed by atoms with Gasteiger partial charge in [0.2, 0.25) is 0 Å². The Labute approximate surface area is 173 Å². The van der Waals surface area contributed by atoms with Gasteiger partial charge in [0.1, 0.15) is 11.7 Å². The minimum Gasteiger partial charge on any atom is -0.444 e. The molecule has 0 unspecified atom stereocenters. The largest absolute Gasteiger partial charge is 0.444 e. The molecule has 0 N–H and O–H groups in total. The van der Waals surface area contributed by atoms with E-state index in [1.54, 1.807) is 28.3 Å². The van der Waals surface area contributed by atoms with Crippen molar-refractivity contribution in [3.05, 3.63) is 23.3 Å². The molecule has 1 aromatic rings. The third kappa shape index (κ3) is 6.46. The van der Waals surface area contributed by atoms with Gasteiger partial charge in [-0.3, -0.25) is 0 Å². The maximum absolute atomic E-state index is 13.2. The molecule has 1 aliphatic rings. The number of ether oxygens (including phenoxy) is 1. The standard InChI is InChI=1S/C20H29N5O3S/c1-15-11-16(12-18(17(15)13-21)22-14-24(5)6)23-29(27)9-7-25(8-10-29)19(26)28-20(2,3)4/h11-12,14H,7-10H2,1-6H3. The Kier molecular flexibility index (Phi) is 6.90. The lowest BCUT2D eigenvalue weighted by Gasteiger charge is -2.31. The highest BCUT2D eigenvalue weighted by molar-refractivity contribution is 7.93. The molecule has 1 fully saturated rings. The maximum atomic E-state index is 13.2. The third-order valence-electron chi connectivity index (χ3n) is 4.12. The highest BCUT2D eigenvalue weighted by atomic mass is 32.2. The first kappa shape index (κ1) is 22.7. The summed E-state index contributed by atoms with van der Waals surface area (Å²) in [5.41, 5.74) is 1.66. The molecule has 0 saturated carbocycles. The second-order valence-electron chi connectivity index (χ2n) is 8.22. The van der Waals surface area contributed by atoms with Crippen molar-refractivity contribution in [3.63, 3.8) is 0 Å². The van der Waals surface area contributed by atoms with Crippen LogP contribution in [0.4, 0.5) is 16.2 Å². The summed E-state index contributed by atoms with van der Waals surface area (Å²) in [5.74, 6) is 0.559. The van der Waals surface area contributed by atoms with Crippen LogP contribution in [0.25, 0.3) is 0 Å². The van der Waals surface area contributed by atoms with E-state index >= 15 is 0 Å². The summed E-state index contributed by atoms with van der Waals surface area (Å²) in [6, 6.07) is 5.59. The Morgan fingerprint density at radius 2 is 1.93 bits per heavy atom. The van der Waals surface area contributed by atoms with Crippen molar-refractivity contribution in [3.8, 4) is 6.07 Å². The molecule has 0 atom stereocenters. The van der Waals surface area contributed by atoms with Gasteiger partial charge in [0.15, 0.2) is 0 Å². The number of nitriles is 1. The average Bonchev–Trinajstić information content (AvgIpc) is 2.58. The summed E-state index contributed by atoms with van der Waals surface area (Å²) >= 11 is 0. The topological polar surface area (TPSA) is 98.4 Å². The zero-order chi connectivity index (χ0) is 21.8. The average molecular weight is 420 g/mol. The SMILES string of the molecule is Cc1cc(N=S2(=O)CCN(C(=O)OC(C)(C)C)CC2)cc(N=CN(C)C)c1C#N. The van der Waals surface area contributed by atoms with E-state index in [1.807, 2.05) is 41.8 Å². The number of carbonyl (C=O) groups excluding carboxylic acids is 1. The fourth-order valence-electron chi connectivity index (χ4n) is 2.74. The van der Waals surface area contributed by atoms with Crippen LogP contribution in [0.3, 0.4) is 0 Å². The van der Waals surface area contributed by atoms with Crippen LogP contribution in [-0.4, -0.2) is 70.7 Å². The van der Waals surface area contributed by atoms with Crippen LogP contribution in [0.15, 0.2) is 21.5 Å². The van der Waals surface area contributed by atoms with Gasteiger partial charge < -0.3 is 14.5 Å². The number of rotatable bonds is 3. The van der Waals surface area contributed by atoms with E-state index in [0.717, 1.165) is 5.56 Å². The first-order chi connectivity index (χ1) is 13.4. The molecule has 0 aliphatic carbocycles. The lowest BCUT2D eigenvalue weighted by atomic mass is 10.1. The van der Waals surface area contributed by atoms with Gasteiger partial charge in [-0.1, -0.05) is 0 Å². The van der Waals surface area contributed by atoms with Crippen LogP contribution in [0.5, 0.6) is 0 Å². The van der Waals surface area contributed by atoms with Crippen molar-refractivity contribution in [1.29, 1.82) is 5.26 Å². The highest BCUT2D eigenvalue weighted by Gasteiger charge is 2.28. The summed E-state index contributed by atoms with van der Waals surface area (Å²) in [7, 11) is 1.17. The first-order valence-electron chi connectivity index (χ1n) is 9.38. The lowest BCUT2D eigenvalue weighted by molar-refractivity contribution is 0.0268. The Bertz CT molecular complexity index is 950. The number of amides is 1. The summed E-state index contributed by atoms with van der Waals surface area (Å²) in [4.78, 5) is 19.9. The monoisotopic (exact) mass is 419 g/mol. The summed E-state index contributed by atoms with van der Waals surface area (Å²) in [6.45, 7) is 7.92. The van der Waals surface area contributed by atoms with Crippen molar-refractivity contribution < 1.29 is 13.7 Å². The molecule has 0 bridgehead atoms. The van der Waals surface area contributed by atoms with E-state index < -0.39 is 21.4 Å². The van der Waals surface area contributed by atoms with Gasteiger partial charge in [-0.05, 0) is 45.4 Å². The zero-order valence-electron chi connectivity index (χ0n) is 17.9. The molecule has 0 radical (unpaired) electrons. The predicted octanol–water partition coefficient (Wildman–Crippen LogP) is 3.44. The van der Waals surface area contributed by atoms with Crippen molar-refractivity contribution >= 4 is 33.5 Å². The van der Waals surface area contributed by atoms with Gasteiger partial charge in [0.25, 0.3) is 0 Å². The van der Waals surface area contributed by atoms with E-state index in [1.165, 1.54) is 0 Å². The summed E-state index contributed by atoms with van der Waals surface area (Å²) < 4.78 is 23.1. The normalized spacial score (nSPS) is 16.4. The van der Waals surface area contributed by atoms with E-state index in [2.05, 4.69) is 15.4 Å². The molecule has 9 heteroatoms. The van der Waals surface area contributed by atoms with Gasteiger partial charge in [0.05, 0.1) is 33.0 Å². The van der Waals surface area contributed by atoms with Crippen LogP contribution >= 0.6 is 0 Å². The predicted molar refractivity (Wildman–Crippen MR) is 116 cm³/mol. The molecule has 0 aromatic heterocycles. The van der Waals surface area contributed by atoms with Crippen molar-refractivity contribution in [2.75, 3.05) is 38.7 Å². The molecule has 1 saturated heterocycles. The van der Waals surface area contributed by atoms with Gasteiger partial charge in [-0.15, -0.1) is 0 Å². The number of carbonyl (C=O) groups is 1. The number of benzene rings is 1. The fraction of sp³-hybridized carbons (Fsp3) is 0.550. The molecule has 1 aliphatic heterocycles. The van der Waals surface area contributed by atoms with Crippen LogP contribution in [0, 0.1) is 18.3 Å². The van der Waals surface area contributed by atoms with Gasteiger partial charge in [-0.2, -0.15) is 9.62 Å². The fourth-order valence-corrected chi connectivity index (χ4v) is 4.63. The quantitative estimate of drug-likeness (QED) is 0.552. The Hall–Kier alpha value is -2.60. The number of aryl methyl sites for hydroxylation is 1. The van der Waals surface area contributed by atoms with Gasteiger partial charge in [-0.25, -0.2) is 14.0 Å². The Balaban J connectivity index is 2.25. The minimum absolute atomic E-state index is 0.279. The molecule has 29 heavy (non-hydrogen) atoms. The smallest absolute Gasteiger partial charge is 0.410 e. The molecule has 1 heterocycles. The summed E-state index contributed by atoms with van der Waals surface area (Å²) in [5, 5.41) is 9.42. The molecule has 8 nitrogen and oxygen atoms in total. The lowest BCUT2D eigenvalue weighted by Crippen LogP contribution is -2.45. The highest BCUT2D eigenvalue weighted by Crippen LogP contribution is 2.30.